The highest BCUT2D eigenvalue weighted by atomic mass is 15.1. The molecule has 0 aliphatic heterocycles. The molecule has 1 aromatic carbocycles. The average molecular weight is 229 g/mol. The number of aliphatic imine (C=N–C) groups is 1. The van der Waals surface area contributed by atoms with Gasteiger partial charge in [0.25, 0.3) is 0 Å². The lowest BCUT2D eigenvalue weighted by Crippen LogP contribution is -2.46. The van der Waals surface area contributed by atoms with Crippen molar-refractivity contribution in [2.75, 3.05) is 0 Å². The number of nitrogens with zero attached hydrogens (tertiary/aromatic N) is 1. The second-order valence-corrected chi connectivity index (χ2v) is 5.17. The van der Waals surface area contributed by atoms with Crippen LogP contribution in [0.3, 0.4) is 0 Å². The first-order chi connectivity index (χ1) is 8.31. The Kier molecular flexibility index (Phi) is 2.75. The molecule has 2 aliphatic rings. The molecule has 0 amide bonds. The van der Waals surface area contributed by atoms with Crippen LogP contribution in [0.1, 0.15) is 37.2 Å². The summed E-state index contributed by atoms with van der Waals surface area (Å²) in [6.45, 7) is 0. The van der Waals surface area contributed by atoms with Crippen LogP contribution in [-0.2, 0) is 0 Å². The molecule has 0 unspecified atom stereocenters. The molecule has 2 fully saturated rings. The molecule has 3 N–H and O–H groups in total. The lowest BCUT2D eigenvalue weighted by Gasteiger charge is -2.36. The number of nitrogens with two attached hydrogens (primary N) is 1. The van der Waals surface area contributed by atoms with Crippen molar-refractivity contribution < 1.29 is 0 Å². The standard InChI is InChI=1S/C14H19N3/c15-14(16-12-6-7-12)17-13-8-11(9-13)10-4-2-1-3-5-10/h1-5,11-13H,6-9H2,(H3,15,16,17). The minimum Gasteiger partial charge on any atom is -0.370 e. The van der Waals surface area contributed by atoms with Gasteiger partial charge in [0.1, 0.15) is 0 Å². The summed E-state index contributed by atoms with van der Waals surface area (Å²) in [5.41, 5.74) is 7.30. The van der Waals surface area contributed by atoms with Crippen molar-refractivity contribution >= 4 is 5.96 Å². The van der Waals surface area contributed by atoms with Crippen molar-refractivity contribution in [3.63, 3.8) is 0 Å². The van der Waals surface area contributed by atoms with E-state index in [0.29, 0.717) is 24.0 Å². The molecule has 0 atom stereocenters. The second kappa shape index (κ2) is 4.40. The fraction of sp³-hybridized carbons (Fsp3) is 0.500. The van der Waals surface area contributed by atoms with Crippen LogP contribution in [0.2, 0.25) is 0 Å². The van der Waals surface area contributed by atoms with E-state index in [2.05, 4.69) is 40.6 Å². The van der Waals surface area contributed by atoms with E-state index < -0.39 is 0 Å². The molecule has 0 aromatic heterocycles. The number of guanidine groups is 1. The first kappa shape index (κ1) is 10.6. The van der Waals surface area contributed by atoms with Gasteiger partial charge in [-0.1, -0.05) is 30.3 Å². The Balaban J connectivity index is 1.48. The quantitative estimate of drug-likeness (QED) is 0.615. The first-order valence-corrected chi connectivity index (χ1v) is 6.46. The maximum Gasteiger partial charge on any atom is 0.189 e. The Morgan fingerprint density at radius 3 is 2.53 bits per heavy atom. The zero-order valence-corrected chi connectivity index (χ0v) is 9.97. The topological polar surface area (TPSA) is 50.4 Å². The predicted octanol–water partition coefficient (Wildman–Crippen LogP) is 2.00. The Morgan fingerprint density at radius 1 is 1.18 bits per heavy atom. The molecule has 2 aliphatic carbocycles. The molecule has 17 heavy (non-hydrogen) atoms. The number of nitrogens with one attached hydrogen (secondary N) is 1. The molecule has 3 nitrogen and oxygen atoms in total. The fourth-order valence-electron chi connectivity index (χ4n) is 2.38. The van der Waals surface area contributed by atoms with Gasteiger partial charge in [0.05, 0.1) is 6.04 Å². The zero-order chi connectivity index (χ0) is 11.7. The van der Waals surface area contributed by atoms with E-state index in [-0.39, 0.29) is 0 Å². The molecule has 0 radical (unpaired) electrons. The van der Waals surface area contributed by atoms with E-state index in [9.17, 15) is 0 Å². The lowest BCUT2D eigenvalue weighted by molar-refractivity contribution is 0.323. The molecule has 0 spiro atoms. The highest BCUT2D eigenvalue weighted by molar-refractivity contribution is 5.78. The van der Waals surface area contributed by atoms with Crippen LogP contribution in [0.25, 0.3) is 0 Å². The summed E-state index contributed by atoms with van der Waals surface area (Å²) in [5, 5.41) is 3.32. The average Bonchev–Trinajstić information content (AvgIpc) is 3.08. The van der Waals surface area contributed by atoms with Crippen molar-refractivity contribution in [2.45, 2.75) is 43.7 Å². The SMILES string of the molecule is NC(=NC1CC1)NC1CC(c2ccccc2)C1. The summed E-state index contributed by atoms with van der Waals surface area (Å²) in [5.74, 6) is 1.34. The van der Waals surface area contributed by atoms with Crippen LogP contribution in [0.4, 0.5) is 0 Å². The smallest absolute Gasteiger partial charge is 0.189 e. The lowest BCUT2D eigenvalue weighted by atomic mass is 9.76. The molecule has 3 heteroatoms. The van der Waals surface area contributed by atoms with Gasteiger partial charge >= 0.3 is 0 Å². The maximum atomic E-state index is 5.85. The zero-order valence-electron chi connectivity index (χ0n) is 9.97. The van der Waals surface area contributed by atoms with E-state index in [1.165, 1.54) is 31.2 Å². The van der Waals surface area contributed by atoms with Gasteiger partial charge < -0.3 is 11.1 Å². The molecular weight excluding hydrogens is 210 g/mol. The largest absolute Gasteiger partial charge is 0.370 e. The summed E-state index contributed by atoms with van der Waals surface area (Å²) >= 11 is 0. The van der Waals surface area contributed by atoms with E-state index in [4.69, 9.17) is 5.73 Å². The predicted molar refractivity (Wildman–Crippen MR) is 70.0 cm³/mol. The molecular formula is C14H19N3. The van der Waals surface area contributed by atoms with Gasteiger partial charge in [0, 0.05) is 6.04 Å². The Labute approximate surface area is 102 Å². The van der Waals surface area contributed by atoms with Gasteiger partial charge in [-0.2, -0.15) is 0 Å². The third-order valence-corrected chi connectivity index (χ3v) is 3.63. The van der Waals surface area contributed by atoms with Gasteiger partial charge in [-0.3, -0.25) is 4.99 Å². The third kappa shape index (κ3) is 2.60. The van der Waals surface area contributed by atoms with Crippen molar-refractivity contribution in [1.29, 1.82) is 0 Å². The summed E-state index contributed by atoms with van der Waals surface area (Å²) in [6, 6.07) is 11.7. The summed E-state index contributed by atoms with van der Waals surface area (Å²) < 4.78 is 0. The summed E-state index contributed by atoms with van der Waals surface area (Å²) in [4.78, 5) is 4.39. The van der Waals surface area contributed by atoms with Gasteiger partial charge in [-0.15, -0.1) is 0 Å². The summed E-state index contributed by atoms with van der Waals surface area (Å²) in [7, 11) is 0. The molecule has 90 valence electrons. The van der Waals surface area contributed by atoms with Crippen LogP contribution < -0.4 is 11.1 Å². The van der Waals surface area contributed by atoms with Gasteiger partial charge in [-0.05, 0) is 37.2 Å². The van der Waals surface area contributed by atoms with E-state index in [1.807, 2.05) is 0 Å². The molecule has 1 aromatic rings. The van der Waals surface area contributed by atoms with E-state index in [1.54, 1.807) is 0 Å². The van der Waals surface area contributed by atoms with E-state index >= 15 is 0 Å². The number of hydrogen-bond donors (Lipinski definition) is 2. The molecule has 0 bridgehead atoms. The molecule has 3 rings (SSSR count). The first-order valence-electron chi connectivity index (χ1n) is 6.46. The van der Waals surface area contributed by atoms with Crippen LogP contribution in [0.15, 0.2) is 35.3 Å². The van der Waals surface area contributed by atoms with Crippen LogP contribution >= 0.6 is 0 Å². The Morgan fingerprint density at radius 2 is 1.88 bits per heavy atom. The molecule has 2 saturated carbocycles. The normalized spacial score (nSPS) is 28.6. The van der Waals surface area contributed by atoms with Crippen LogP contribution in [0, 0.1) is 0 Å². The van der Waals surface area contributed by atoms with E-state index in [0.717, 1.165) is 0 Å². The molecule has 0 saturated heterocycles. The monoisotopic (exact) mass is 229 g/mol. The Bertz CT molecular complexity index is 403. The van der Waals surface area contributed by atoms with Crippen molar-refractivity contribution in [1.82, 2.24) is 5.32 Å². The van der Waals surface area contributed by atoms with Crippen molar-refractivity contribution in [2.24, 2.45) is 10.7 Å². The van der Waals surface area contributed by atoms with Crippen LogP contribution in [0.5, 0.6) is 0 Å². The number of benzene rings is 1. The minimum atomic E-state index is 0.507. The summed E-state index contributed by atoms with van der Waals surface area (Å²) in [6.07, 6.45) is 4.76. The Hall–Kier alpha value is -1.51. The van der Waals surface area contributed by atoms with Gasteiger partial charge in [-0.25, -0.2) is 0 Å². The highest BCUT2D eigenvalue weighted by Crippen LogP contribution is 2.36. The third-order valence-electron chi connectivity index (χ3n) is 3.63. The van der Waals surface area contributed by atoms with Gasteiger partial charge in [0.2, 0.25) is 0 Å². The minimum absolute atomic E-state index is 0.507. The highest BCUT2D eigenvalue weighted by Gasteiger charge is 2.30. The maximum absolute atomic E-state index is 5.85. The second-order valence-electron chi connectivity index (χ2n) is 5.17. The fourth-order valence-corrected chi connectivity index (χ4v) is 2.38. The van der Waals surface area contributed by atoms with Crippen LogP contribution in [-0.4, -0.2) is 18.0 Å². The van der Waals surface area contributed by atoms with Gasteiger partial charge in [0.15, 0.2) is 5.96 Å². The number of rotatable bonds is 3. The van der Waals surface area contributed by atoms with Crippen molar-refractivity contribution in [3.8, 4) is 0 Å². The molecule has 0 heterocycles. The van der Waals surface area contributed by atoms with Crippen molar-refractivity contribution in [3.05, 3.63) is 35.9 Å². The number of hydrogen-bond acceptors (Lipinski definition) is 1.